The number of methoxy groups -OCH3 is 1. The van der Waals surface area contributed by atoms with E-state index in [-0.39, 0.29) is 18.4 Å². The first-order chi connectivity index (χ1) is 11.1. The zero-order valence-corrected chi connectivity index (χ0v) is 13.1. The van der Waals surface area contributed by atoms with Crippen LogP contribution in [0.15, 0.2) is 28.9 Å². The molecule has 0 saturated heterocycles. The smallest absolute Gasteiger partial charge is 0.311 e. The molecule has 1 atom stereocenters. The summed E-state index contributed by atoms with van der Waals surface area (Å²) in [6.45, 7) is 1.58. The highest BCUT2D eigenvalue weighted by Gasteiger charge is 2.27. The number of benzene rings is 1. The van der Waals surface area contributed by atoms with E-state index in [1.165, 1.54) is 6.26 Å². The molecule has 2 aromatic rings. The maximum atomic E-state index is 12.0. The van der Waals surface area contributed by atoms with Crippen molar-refractivity contribution in [3.8, 4) is 5.75 Å². The molecule has 0 bridgehead atoms. The minimum absolute atomic E-state index is 0.0559. The lowest BCUT2D eigenvalue weighted by Crippen LogP contribution is -2.37. The molecule has 0 radical (unpaired) electrons. The van der Waals surface area contributed by atoms with Gasteiger partial charge in [-0.15, -0.1) is 0 Å². The van der Waals surface area contributed by atoms with Gasteiger partial charge in [-0.25, -0.2) is 0 Å². The molecule has 1 aromatic carbocycles. The number of esters is 1. The second-order valence-electron chi connectivity index (χ2n) is 5.71. The quantitative estimate of drug-likeness (QED) is 0.826. The number of nitrogens with one attached hydrogen (secondary N) is 1. The van der Waals surface area contributed by atoms with Gasteiger partial charge in [0.05, 0.1) is 19.8 Å². The Labute approximate surface area is 133 Å². The molecule has 0 spiro atoms. The molecule has 6 nitrogen and oxygen atoms in total. The van der Waals surface area contributed by atoms with E-state index in [0.29, 0.717) is 11.3 Å². The van der Waals surface area contributed by atoms with Crippen LogP contribution in [0.4, 0.5) is 0 Å². The third kappa shape index (κ3) is 3.64. The Hall–Kier alpha value is -2.50. The molecule has 1 amide bonds. The molecular formula is C17H19NO5. The van der Waals surface area contributed by atoms with E-state index in [4.69, 9.17) is 13.9 Å². The minimum atomic E-state index is -0.790. The molecule has 1 aliphatic carbocycles. The monoisotopic (exact) mass is 317 g/mol. The van der Waals surface area contributed by atoms with Crippen LogP contribution in [0, 0.1) is 0 Å². The number of hydrogen-bond donors (Lipinski definition) is 1. The molecule has 1 aliphatic rings. The van der Waals surface area contributed by atoms with Gasteiger partial charge in [-0.2, -0.15) is 0 Å². The highest BCUT2D eigenvalue weighted by atomic mass is 16.5. The summed E-state index contributed by atoms with van der Waals surface area (Å²) in [6.07, 6.45) is 2.79. The van der Waals surface area contributed by atoms with Crippen LogP contribution in [0.2, 0.25) is 0 Å². The van der Waals surface area contributed by atoms with Crippen LogP contribution >= 0.6 is 0 Å². The van der Waals surface area contributed by atoms with Crippen molar-refractivity contribution in [1.29, 1.82) is 0 Å². The first-order valence-electron chi connectivity index (χ1n) is 7.61. The predicted molar refractivity (Wildman–Crippen MR) is 83.2 cm³/mol. The topological polar surface area (TPSA) is 77.8 Å². The Kier molecular flexibility index (Phi) is 4.23. The Morgan fingerprint density at radius 3 is 2.87 bits per heavy atom. The summed E-state index contributed by atoms with van der Waals surface area (Å²) in [4.78, 5) is 23.8. The van der Waals surface area contributed by atoms with Crippen molar-refractivity contribution in [2.45, 2.75) is 38.3 Å². The number of fused-ring (bicyclic) bond motifs is 1. The number of furan rings is 1. The van der Waals surface area contributed by atoms with E-state index in [1.54, 1.807) is 26.2 Å². The van der Waals surface area contributed by atoms with Crippen LogP contribution in [0.1, 0.15) is 25.3 Å². The Bertz CT molecular complexity index is 732. The zero-order valence-electron chi connectivity index (χ0n) is 13.1. The Balaban J connectivity index is 1.62. The van der Waals surface area contributed by atoms with Gasteiger partial charge in [0, 0.05) is 23.1 Å². The van der Waals surface area contributed by atoms with Crippen molar-refractivity contribution in [3.05, 3.63) is 30.0 Å². The summed E-state index contributed by atoms with van der Waals surface area (Å²) in [7, 11) is 1.58. The average Bonchev–Trinajstić information content (AvgIpc) is 3.26. The fourth-order valence-corrected chi connectivity index (χ4v) is 2.32. The number of hydrogen-bond acceptors (Lipinski definition) is 5. The SMILES string of the molecule is COc1ccc2c(CC(=O)O[C@H](C)C(=O)NC3CC3)coc2c1. The van der Waals surface area contributed by atoms with Crippen molar-refractivity contribution < 1.29 is 23.5 Å². The van der Waals surface area contributed by atoms with Crippen LogP contribution < -0.4 is 10.1 Å². The van der Waals surface area contributed by atoms with Crippen molar-refractivity contribution in [1.82, 2.24) is 5.32 Å². The predicted octanol–water partition coefficient (Wildman–Crippen LogP) is 2.19. The zero-order chi connectivity index (χ0) is 16.4. The van der Waals surface area contributed by atoms with Gasteiger partial charge in [-0.05, 0) is 31.9 Å². The average molecular weight is 317 g/mol. The molecule has 1 fully saturated rings. The van der Waals surface area contributed by atoms with E-state index in [1.807, 2.05) is 6.07 Å². The van der Waals surface area contributed by atoms with E-state index in [0.717, 1.165) is 23.8 Å². The first-order valence-corrected chi connectivity index (χ1v) is 7.61. The molecule has 0 unspecified atom stereocenters. The molecule has 1 aromatic heterocycles. The van der Waals surface area contributed by atoms with E-state index in [9.17, 15) is 9.59 Å². The number of ether oxygens (including phenoxy) is 2. The maximum Gasteiger partial charge on any atom is 0.311 e. The number of carbonyl (C=O) groups is 2. The summed E-state index contributed by atoms with van der Waals surface area (Å²) in [5.41, 5.74) is 1.37. The van der Waals surface area contributed by atoms with Crippen LogP contribution in [0.5, 0.6) is 5.75 Å². The summed E-state index contributed by atoms with van der Waals surface area (Å²) in [5, 5.41) is 3.64. The van der Waals surface area contributed by atoms with Gasteiger partial charge in [0.15, 0.2) is 6.10 Å². The van der Waals surface area contributed by atoms with Crippen molar-refractivity contribution in [2.24, 2.45) is 0 Å². The second-order valence-corrected chi connectivity index (χ2v) is 5.71. The summed E-state index contributed by atoms with van der Waals surface area (Å²) < 4.78 is 15.8. The molecule has 1 N–H and O–H groups in total. The highest BCUT2D eigenvalue weighted by molar-refractivity contribution is 5.88. The maximum absolute atomic E-state index is 12.0. The van der Waals surface area contributed by atoms with Crippen molar-refractivity contribution in [3.63, 3.8) is 0 Å². The summed E-state index contributed by atoms with van der Waals surface area (Å²) in [5.74, 6) is -0.0176. The van der Waals surface area contributed by atoms with Gasteiger partial charge in [0.1, 0.15) is 11.3 Å². The van der Waals surface area contributed by atoms with Crippen LogP contribution in [0.25, 0.3) is 11.0 Å². The molecular weight excluding hydrogens is 298 g/mol. The van der Waals surface area contributed by atoms with Crippen LogP contribution in [-0.2, 0) is 20.7 Å². The molecule has 1 saturated carbocycles. The second kappa shape index (κ2) is 6.32. The lowest BCUT2D eigenvalue weighted by Gasteiger charge is -2.12. The minimum Gasteiger partial charge on any atom is -0.497 e. The van der Waals surface area contributed by atoms with Gasteiger partial charge >= 0.3 is 5.97 Å². The van der Waals surface area contributed by atoms with Gasteiger partial charge in [-0.3, -0.25) is 9.59 Å². The van der Waals surface area contributed by atoms with Crippen molar-refractivity contribution in [2.75, 3.05) is 7.11 Å². The first kappa shape index (κ1) is 15.4. The molecule has 3 rings (SSSR count). The molecule has 122 valence electrons. The fraction of sp³-hybridized carbons (Fsp3) is 0.412. The number of carbonyl (C=O) groups excluding carboxylic acids is 2. The molecule has 23 heavy (non-hydrogen) atoms. The number of rotatable bonds is 6. The summed E-state index contributed by atoms with van der Waals surface area (Å²) >= 11 is 0. The normalized spacial score (nSPS) is 15.2. The molecule has 1 heterocycles. The third-order valence-corrected chi connectivity index (χ3v) is 3.80. The molecule has 0 aliphatic heterocycles. The largest absolute Gasteiger partial charge is 0.497 e. The van der Waals surface area contributed by atoms with E-state index >= 15 is 0 Å². The van der Waals surface area contributed by atoms with Gasteiger partial charge < -0.3 is 19.2 Å². The third-order valence-electron chi connectivity index (χ3n) is 3.80. The van der Waals surface area contributed by atoms with Gasteiger partial charge in [0.25, 0.3) is 5.91 Å². The van der Waals surface area contributed by atoms with E-state index in [2.05, 4.69) is 5.32 Å². The van der Waals surface area contributed by atoms with Gasteiger partial charge in [-0.1, -0.05) is 0 Å². The summed E-state index contributed by atoms with van der Waals surface area (Å²) in [6, 6.07) is 5.65. The molecule has 6 heteroatoms. The fourth-order valence-electron chi connectivity index (χ4n) is 2.32. The Morgan fingerprint density at radius 2 is 2.17 bits per heavy atom. The van der Waals surface area contributed by atoms with E-state index < -0.39 is 12.1 Å². The number of amides is 1. The van der Waals surface area contributed by atoms with Crippen LogP contribution in [0.3, 0.4) is 0 Å². The Morgan fingerprint density at radius 1 is 1.39 bits per heavy atom. The lowest BCUT2D eigenvalue weighted by molar-refractivity contribution is -0.154. The van der Waals surface area contributed by atoms with Crippen LogP contribution in [-0.4, -0.2) is 31.1 Å². The van der Waals surface area contributed by atoms with Gasteiger partial charge in [0.2, 0.25) is 0 Å². The highest BCUT2D eigenvalue weighted by Crippen LogP contribution is 2.26. The lowest BCUT2D eigenvalue weighted by atomic mass is 10.1. The van der Waals surface area contributed by atoms with Crippen molar-refractivity contribution >= 4 is 22.8 Å². The standard InChI is InChI=1S/C17H19NO5/c1-10(17(20)18-12-3-4-12)23-16(19)7-11-9-22-15-8-13(21-2)5-6-14(11)15/h5-6,8-10,12H,3-4,7H2,1-2H3,(H,18,20)/t10-/m1/s1.